The number of aromatic nitrogens is 2. The molecule has 2 aromatic rings. The summed E-state index contributed by atoms with van der Waals surface area (Å²) < 4.78 is 13.9. The van der Waals surface area contributed by atoms with Gasteiger partial charge in [0.15, 0.2) is 0 Å². The van der Waals surface area contributed by atoms with Gasteiger partial charge in [-0.15, -0.1) is 0 Å². The summed E-state index contributed by atoms with van der Waals surface area (Å²) in [6, 6.07) is 6.83. The van der Waals surface area contributed by atoms with E-state index < -0.39 is 0 Å². The van der Waals surface area contributed by atoms with Crippen molar-refractivity contribution in [3.8, 4) is 0 Å². The van der Waals surface area contributed by atoms with Crippen molar-refractivity contribution in [2.24, 2.45) is 0 Å². The van der Waals surface area contributed by atoms with Crippen LogP contribution in [0.4, 0.5) is 10.1 Å². The van der Waals surface area contributed by atoms with Gasteiger partial charge in [-0.05, 0) is 31.4 Å². The number of benzene rings is 1. The molecule has 6 heteroatoms. The molecule has 2 heterocycles. The van der Waals surface area contributed by atoms with Crippen molar-refractivity contribution in [3.05, 3.63) is 54.4 Å². The number of nitrogens with one attached hydrogen (secondary N) is 1. The fourth-order valence-corrected chi connectivity index (χ4v) is 3.02. The monoisotopic (exact) mass is 328 g/mol. The SMILES string of the molecule is O=C(CCc1cnccn1)N[C@@H]1CCCN(c2ccccc2F)C1. The van der Waals surface area contributed by atoms with Gasteiger partial charge in [0, 0.05) is 44.1 Å². The van der Waals surface area contributed by atoms with E-state index in [0.29, 0.717) is 25.1 Å². The van der Waals surface area contributed by atoms with Crippen LogP contribution in [-0.2, 0) is 11.2 Å². The quantitative estimate of drug-likeness (QED) is 0.915. The molecule has 1 amide bonds. The Labute approximate surface area is 140 Å². The number of piperidine rings is 1. The van der Waals surface area contributed by atoms with E-state index in [0.717, 1.165) is 25.1 Å². The molecule has 24 heavy (non-hydrogen) atoms. The van der Waals surface area contributed by atoms with Crippen LogP contribution in [0.15, 0.2) is 42.9 Å². The van der Waals surface area contributed by atoms with E-state index in [1.165, 1.54) is 6.07 Å². The van der Waals surface area contributed by atoms with E-state index in [9.17, 15) is 9.18 Å². The number of amides is 1. The normalized spacial score (nSPS) is 17.5. The number of nitrogens with zero attached hydrogens (tertiary/aromatic N) is 3. The minimum atomic E-state index is -0.216. The molecule has 1 N–H and O–H groups in total. The van der Waals surface area contributed by atoms with E-state index in [1.807, 2.05) is 11.0 Å². The Morgan fingerprint density at radius 1 is 1.33 bits per heavy atom. The Bertz CT molecular complexity index is 680. The summed E-state index contributed by atoms with van der Waals surface area (Å²) in [7, 11) is 0. The predicted molar refractivity (Wildman–Crippen MR) is 90.1 cm³/mol. The predicted octanol–water partition coefficient (Wildman–Crippen LogP) is 2.33. The molecule has 1 aromatic carbocycles. The molecule has 1 aromatic heterocycles. The zero-order valence-corrected chi connectivity index (χ0v) is 13.5. The maximum Gasteiger partial charge on any atom is 0.220 e. The molecular weight excluding hydrogens is 307 g/mol. The van der Waals surface area contributed by atoms with E-state index in [2.05, 4.69) is 15.3 Å². The largest absolute Gasteiger partial charge is 0.367 e. The Kier molecular flexibility index (Phi) is 5.36. The third kappa shape index (κ3) is 4.28. The molecular formula is C18H21FN4O. The van der Waals surface area contributed by atoms with Gasteiger partial charge in [0.25, 0.3) is 0 Å². The summed E-state index contributed by atoms with van der Waals surface area (Å²) in [6.45, 7) is 1.45. The van der Waals surface area contributed by atoms with E-state index >= 15 is 0 Å². The Morgan fingerprint density at radius 2 is 2.21 bits per heavy atom. The van der Waals surface area contributed by atoms with Gasteiger partial charge in [-0.25, -0.2) is 4.39 Å². The lowest BCUT2D eigenvalue weighted by molar-refractivity contribution is -0.121. The topological polar surface area (TPSA) is 58.1 Å². The van der Waals surface area contributed by atoms with Crippen LogP contribution < -0.4 is 10.2 Å². The highest BCUT2D eigenvalue weighted by Crippen LogP contribution is 2.22. The van der Waals surface area contributed by atoms with Crippen LogP contribution in [0.5, 0.6) is 0 Å². The first-order valence-corrected chi connectivity index (χ1v) is 8.26. The zero-order valence-electron chi connectivity index (χ0n) is 13.5. The number of aryl methyl sites for hydroxylation is 1. The maximum absolute atomic E-state index is 13.9. The zero-order chi connectivity index (χ0) is 16.8. The highest BCUT2D eigenvalue weighted by molar-refractivity contribution is 5.76. The van der Waals surface area contributed by atoms with E-state index in [1.54, 1.807) is 30.7 Å². The average molecular weight is 328 g/mol. The van der Waals surface area contributed by atoms with Crippen LogP contribution >= 0.6 is 0 Å². The first-order chi connectivity index (χ1) is 11.7. The van der Waals surface area contributed by atoms with Gasteiger partial charge in [0.1, 0.15) is 5.82 Å². The standard InChI is InChI=1S/C18H21FN4O/c19-16-5-1-2-6-17(16)23-11-3-4-15(13-23)22-18(24)8-7-14-12-20-9-10-21-14/h1-2,5-6,9-10,12,15H,3-4,7-8,11,13H2,(H,22,24)/t15-/m1/s1. The van der Waals surface area contributed by atoms with Crippen molar-refractivity contribution in [3.63, 3.8) is 0 Å². The van der Waals surface area contributed by atoms with Crippen molar-refractivity contribution in [1.29, 1.82) is 0 Å². The lowest BCUT2D eigenvalue weighted by Gasteiger charge is -2.35. The minimum absolute atomic E-state index is 0.000960. The van der Waals surface area contributed by atoms with E-state index in [4.69, 9.17) is 0 Å². The molecule has 0 bridgehead atoms. The molecule has 1 fully saturated rings. The summed E-state index contributed by atoms with van der Waals surface area (Å²) in [5.41, 5.74) is 1.42. The van der Waals surface area contributed by atoms with Gasteiger partial charge in [0.05, 0.1) is 11.4 Å². The summed E-state index contributed by atoms with van der Waals surface area (Å²) in [6.07, 6.45) is 7.72. The van der Waals surface area contributed by atoms with Crippen molar-refractivity contribution >= 4 is 11.6 Å². The molecule has 0 aliphatic carbocycles. The van der Waals surface area contributed by atoms with Gasteiger partial charge < -0.3 is 10.2 Å². The molecule has 3 rings (SSSR count). The highest BCUT2D eigenvalue weighted by Gasteiger charge is 2.23. The molecule has 126 valence electrons. The van der Waals surface area contributed by atoms with Gasteiger partial charge >= 0.3 is 0 Å². The van der Waals surface area contributed by atoms with Crippen LogP contribution in [-0.4, -0.2) is 35.0 Å². The van der Waals surface area contributed by atoms with Crippen LogP contribution in [0.25, 0.3) is 0 Å². The number of halogens is 1. The van der Waals surface area contributed by atoms with Gasteiger partial charge in [-0.1, -0.05) is 12.1 Å². The van der Waals surface area contributed by atoms with Crippen LogP contribution in [0.1, 0.15) is 25.0 Å². The lowest BCUT2D eigenvalue weighted by atomic mass is 10.0. The van der Waals surface area contributed by atoms with Crippen LogP contribution in [0.2, 0.25) is 0 Å². The van der Waals surface area contributed by atoms with Crippen LogP contribution in [0, 0.1) is 5.82 Å². The van der Waals surface area contributed by atoms with Crippen LogP contribution in [0.3, 0.4) is 0 Å². The summed E-state index contributed by atoms with van der Waals surface area (Å²) in [4.78, 5) is 22.3. The number of hydrogen-bond acceptors (Lipinski definition) is 4. The molecule has 0 saturated carbocycles. The number of carbonyl (C=O) groups is 1. The van der Waals surface area contributed by atoms with Gasteiger partial charge in [-0.2, -0.15) is 0 Å². The summed E-state index contributed by atoms with van der Waals surface area (Å²) in [5.74, 6) is -0.215. The third-order valence-corrected chi connectivity index (χ3v) is 4.20. The van der Waals surface area contributed by atoms with Gasteiger partial charge in [-0.3, -0.25) is 14.8 Å². The fraction of sp³-hybridized carbons (Fsp3) is 0.389. The third-order valence-electron chi connectivity index (χ3n) is 4.20. The second-order valence-corrected chi connectivity index (χ2v) is 6.00. The number of rotatable bonds is 5. The lowest BCUT2D eigenvalue weighted by Crippen LogP contribution is -2.48. The first kappa shape index (κ1) is 16.4. The van der Waals surface area contributed by atoms with Crippen molar-refractivity contribution < 1.29 is 9.18 Å². The van der Waals surface area contributed by atoms with Crippen molar-refractivity contribution in [1.82, 2.24) is 15.3 Å². The second kappa shape index (κ2) is 7.86. The summed E-state index contributed by atoms with van der Waals surface area (Å²) >= 11 is 0. The average Bonchev–Trinajstić information content (AvgIpc) is 2.61. The number of anilines is 1. The number of hydrogen-bond donors (Lipinski definition) is 1. The molecule has 1 aliphatic rings. The minimum Gasteiger partial charge on any atom is -0.367 e. The highest BCUT2D eigenvalue weighted by atomic mass is 19.1. The first-order valence-electron chi connectivity index (χ1n) is 8.26. The number of para-hydroxylation sites is 1. The van der Waals surface area contributed by atoms with Gasteiger partial charge in [0.2, 0.25) is 5.91 Å². The molecule has 0 unspecified atom stereocenters. The Morgan fingerprint density at radius 3 is 3.00 bits per heavy atom. The molecule has 0 radical (unpaired) electrons. The molecule has 1 atom stereocenters. The maximum atomic E-state index is 13.9. The fourth-order valence-electron chi connectivity index (χ4n) is 3.02. The second-order valence-electron chi connectivity index (χ2n) is 6.00. The Balaban J connectivity index is 1.52. The molecule has 5 nitrogen and oxygen atoms in total. The Hall–Kier alpha value is -2.50. The number of carbonyl (C=O) groups excluding carboxylic acids is 1. The van der Waals surface area contributed by atoms with Crippen molar-refractivity contribution in [2.45, 2.75) is 31.7 Å². The van der Waals surface area contributed by atoms with Crippen molar-refractivity contribution in [2.75, 3.05) is 18.0 Å². The molecule has 1 aliphatic heterocycles. The smallest absolute Gasteiger partial charge is 0.220 e. The van der Waals surface area contributed by atoms with E-state index in [-0.39, 0.29) is 17.8 Å². The molecule has 0 spiro atoms. The summed E-state index contributed by atoms with van der Waals surface area (Å²) in [5, 5.41) is 3.06. The molecule has 1 saturated heterocycles.